The van der Waals surface area contributed by atoms with Crippen molar-refractivity contribution >= 4 is 7.82 Å². The molecule has 0 saturated carbocycles. The van der Waals surface area contributed by atoms with E-state index >= 15 is 0 Å². The van der Waals surface area contributed by atoms with Crippen molar-refractivity contribution in [3.05, 3.63) is 0 Å². The van der Waals surface area contributed by atoms with E-state index in [4.69, 9.17) is 4.89 Å². The second-order valence-corrected chi connectivity index (χ2v) is 2.70. The Bertz CT molecular complexity index is 128. The van der Waals surface area contributed by atoms with Crippen LogP contribution in [0.1, 0.15) is 0 Å². The fourth-order valence-corrected chi connectivity index (χ4v) is 0.601. The number of phosphoric acid groups is 1. The Morgan fingerprint density at radius 3 is 2.60 bits per heavy atom. The molecule has 0 radical (unpaired) electrons. The molecule has 62 valence electrons. The number of hydrogen-bond acceptors (Lipinski definition) is 4. The van der Waals surface area contributed by atoms with Gasteiger partial charge in [0.1, 0.15) is 0 Å². The smallest absolute Gasteiger partial charge is 0.382 e. The Morgan fingerprint density at radius 2 is 2.20 bits per heavy atom. The summed E-state index contributed by atoms with van der Waals surface area (Å²) in [5.74, 6) is 0. The van der Waals surface area contributed by atoms with E-state index in [1.807, 2.05) is 0 Å². The lowest BCUT2D eigenvalue weighted by Gasteiger charge is -2.04. The molecule has 0 aromatic carbocycles. The van der Waals surface area contributed by atoms with E-state index in [0.29, 0.717) is 0 Å². The van der Waals surface area contributed by atoms with Gasteiger partial charge in [0.15, 0.2) is 0 Å². The SMILES string of the molecule is COCCOP(=O)(O)OF. The highest BCUT2D eigenvalue weighted by molar-refractivity contribution is 7.47. The standard InChI is InChI=1S/C3H8FO5P/c1-7-2-3-8-10(5,6)9-4/h2-3H2,1H3,(H,5,6). The minimum absolute atomic E-state index is 0.105. The van der Waals surface area contributed by atoms with Crippen molar-refractivity contribution in [2.45, 2.75) is 0 Å². The first-order valence-corrected chi connectivity index (χ1v) is 3.88. The van der Waals surface area contributed by atoms with E-state index in [1.54, 1.807) is 0 Å². The number of phosphoric ester groups is 1. The number of ether oxygens (including phenoxy) is 1. The second kappa shape index (κ2) is 4.76. The Balaban J connectivity index is 3.38. The number of rotatable bonds is 5. The van der Waals surface area contributed by atoms with Gasteiger partial charge < -0.3 is 9.63 Å². The Labute approximate surface area is 57.2 Å². The van der Waals surface area contributed by atoms with E-state index < -0.39 is 7.82 Å². The van der Waals surface area contributed by atoms with Gasteiger partial charge in [0.25, 0.3) is 0 Å². The summed E-state index contributed by atoms with van der Waals surface area (Å²) in [6.07, 6.45) is 0. The molecule has 0 aliphatic carbocycles. The molecule has 0 amide bonds. The van der Waals surface area contributed by atoms with Crippen molar-refractivity contribution < 1.29 is 28.0 Å². The molecule has 1 atom stereocenters. The summed E-state index contributed by atoms with van der Waals surface area (Å²) in [6.45, 7) is -0.0812. The summed E-state index contributed by atoms with van der Waals surface area (Å²) in [7, 11) is -3.07. The molecule has 7 heteroatoms. The first kappa shape index (κ1) is 10.0. The van der Waals surface area contributed by atoms with Crippen LogP contribution in [-0.4, -0.2) is 25.2 Å². The highest BCUT2D eigenvalue weighted by Crippen LogP contribution is 2.43. The predicted molar refractivity (Wildman–Crippen MR) is 29.8 cm³/mol. The van der Waals surface area contributed by atoms with Crippen molar-refractivity contribution in [2.24, 2.45) is 0 Å². The zero-order valence-electron chi connectivity index (χ0n) is 5.32. The summed E-state index contributed by atoms with van der Waals surface area (Å²) < 4.78 is 32.2. The van der Waals surface area contributed by atoms with Crippen LogP contribution in [0.25, 0.3) is 0 Å². The lowest BCUT2D eigenvalue weighted by atomic mass is 10.8. The van der Waals surface area contributed by atoms with Crippen LogP contribution in [0.4, 0.5) is 4.53 Å². The summed E-state index contributed by atoms with van der Waals surface area (Å²) in [4.78, 5) is 8.23. The maximum Gasteiger partial charge on any atom is 0.503 e. The Hall–Kier alpha value is -0.0000000000000000555. The molecule has 0 aromatic heterocycles. The predicted octanol–water partition coefficient (Wildman–Crippen LogP) is 0.651. The molecule has 0 heterocycles. The van der Waals surface area contributed by atoms with Crippen LogP contribution in [0, 0.1) is 0 Å². The molecule has 0 fully saturated rings. The highest BCUT2D eigenvalue weighted by Gasteiger charge is 2.20. The fourth-order valence-electron chi connectivity index (χ4n) is 0.256. The number of methoxy groups -OCH3 is 1. The van der Waals surface area contributed by atoms with Gasteiger partial charge in [-0.15, -0.1) is 0 Å². The van der Waals surface area contributed by atoms with Gasteiger partial charge in [0.2, 0.25) is 0 Å². The number of halogens is 1. The molecular weight excluding hydrogens is 166 g/mol. The molecule has 0 aliphatic heterocycles. The molecular formula is C3H8FO5P. The maximum absolute atomic E-state index is 11.0. The van der Waals surface area contributed by atoms with Crippen molar-refractivity contribution in [1.82, 2.24) is 0 Å². The largest absolute Gasteiger partial charge is 0.503 e. The molecule has 5 nitrogen and oxygen atoms in total. The van der Waals surface area contributed by atoms with Gasteiger partial charge in [-0.2, -0.15) is 0 Å². The lowest BCUT2D eigenvalue weighted by Crippen LogP contribution is -1.99. The number of hydrogen-bond donors (Lipinski definition) is 1. The van der Waals surface area contributed by atoms with Gasteiger partial charge in [0, 0.05) is 7.11 Å². The summed E-state index contributed by atoms with van der Waals surface area (Å²) in [5.41, 5.74) is 0. The molecule has 0 saturated heterocycles. The topological polar surface area (TPSA) is 65.0 Å². The van der Waals surface area contributed by atoms with E-state index in [0.717, 1.165) is 0 Å². The fraction of sp³-hybridized carbons (Fsp3) is 1.00. The molecule has 1 unspecified atom stereocenters. The molecule has 1 N–H and O–H groups in total. The summed E-state index contributed by atoms with van der Waals surface area (Å²) in [6, 6.07) is 0. The van der Waals surface area contributed by atoms with E-state index in [9.17, 15) is 9.09 Å². The van der Waals surface area contributed by atoms with Gasteiger partial charge in [-0.1, -0.05) is 4.73 Å². The molecule has 0 rings (SSSR count). The first-order chi connectivity index (χ1) is 4.62. The van der Waals surface area contributed by atoms with Gasteiger partial charge in [-0.05, 0) is 4.53 Å². The third-order valence-corrected chi connectivity index (χ3v) is 1.31. The Morgan fingerprint density at radius 1 is 1.60 bits per heavy atom. The summed E-state index contributed by atoms with van der Waals surface area (Å²) in [5, 5.41) is 0. The molecule has 0 spiro atoms. The average Bonchev–Trinajstić information content (AvgIpc) is 1.89. The van der Waals surface area contributed by atoms with Gasteiger partial charge in [-0.25, -0.2) is 4.57 Å². The minimum Gasteiger partial charge on any atom is -0.382 e. The van der Waals surface area contributed by atoms with Gasteiger partial charge in [-0.3, -0.25) is 4.52 Å². The lowest BCUT2D eigenvalue weighted by molar-refractivity contribution is -0.0505. The van der Waals surface area contributed by atoms with Crippen LogP contribution in [0.2, 0.25) is 0 Å². The van der Waals surface area contributed by atoms with Crippen molar-refractivity contribution in [1.29, 1.82) is 0 Å². The normalized spacial score (nSPS) is 16.7. The molecule has 0 aliphatic rings. The second-order valence-electron chi connectivity index (χ2n) is 1.36. The molecule has 0 bridgehead atoms. The van der Waals surface area contributed by atoms with Gasteiger partial charge in [0.05, 0.1) is 13.2 Å². The highest BCUT2D eigenvalue weighted by atomic mass is 31.2. The van der Waals surface area contributed by atoms with Crippen LogP contribution < -0.4 is 0 Å². The maximum atomic E-state index is 11.0. The zero-order chi connectivity index (χ0) is 8.04. The first-order valence-electron chi connectivity index (χ1n) is 2.39. The minimum atomic E-state index is -4.45. The van der Waals surface area contributed by atoms with E-state index in [2.05, 4.69) is 14.0 Å². The van der Waals surface area contributed by atoms with Crippen LogP contribution in [0.15, 0.2) is 0 Å². The van der Waals surface area contributed by atoms with Crippen molar-refractivity contribution in [2.75, 3.05) is 20.3 Å². The monoisotopic (exact) mass is 174 g/mol. The molecule has 10 heavy (non-hydrogen) atoms. The van der Waals surface area contributed by atoms with Crippen LogP contribution in [-0.2, 0) is 18.6 Å². The van der Waals surface area contributed by atoms with E-state index in [1.165, 1.54) is 7.11 Å². The van der Waals surface area contributed by atoms with Crippen molar-refractivity contribution in [3.63, 3.8) is 0 Å². The summed E-state index contributed by atoms with van der Waals surface area (Å²) >= 11 is 0. The van der Waals surface area contributed by atoms with Crippen molar-refractivity contribution in [3.8, 4) is 0 Å². The van der Waals surface area contributed by atoms with Gasteiger partial charge >= 0.3 is 7.82 Å². The van der Waals surface area contributed by atoms with Crippen LogP contribution >= 0.6 is 7.82 Å². The Kier molecular flexibility index (Phi) is 4.76. The quantitative estimate of drug-likeness (QED) is 0.489. The third-order valence-electron chi connectivity index (χ3n) is 0.629. The molecule has 0 aromatic rings. The van der Waals surface area contributed by atoms with Crippen LogP contribution in [0.5, 0.6) is 0 Å². The van der Waals surface area contributed by atoms with Crippen LogP contribution in [0.3, 0.4) is 0 Å². The average molecular weight is 174 g/mol. The third kappa shape index (κ3) is 4.84. The zero-order valence-corrected chi connectivity index (χ0v) is 6.21. The van der Waals surface area contributed by atoms with E-state index in [-0.39, 0.29) is 13.2 Å².